The largest absolute Gasteiger partial charge is 0.309 e. The molecule has 2 rings (SSSR count). The van der Waals surface area contributed by atoms with Crippen LogP contribution < -0.4 is 5.32 Å². The van der Waals surface area contributed by atoms with E-state index < -0.39 is 0 Å². The average Bonchev–Trinajstić information content (AvgIpc) is 2.36. The Bertz CT molecular complexity index is 593. The summed E-state index contributed by atoms with van der Waals surface area (Å²) in [5.41, 5.74) is 3.08. The van der Waals surface area contributed by atoms with Crippen molar-refractivity contribution in [3.05, 3.63) is 70.3 Å². The fraction of sp³-hybridized carbons (Fsp3) is 0.250. The summed E-state index contributed by atoms with van der Waals surface area (Å²) in [6, 6.07) is 9.33. The first-order valence-electron chi connectivity index (χ1n) is 6.22. The Balaban J connectivity index is 2.52. The Kier molecular flexibility index (Phi) is 3.96. The minimum Gasteiger partial charge on any atom is -0.309 e. The molecule has 0 aliphatic carbocycles. The molecule has 19 heavy (non-hydrogen) atoms. The van der Waals surface area contributed by atoms with Crippen LogP contribution in [0.5, 0.6) is 0 Å². The van der Waals surface area contributed by atoms with Gasteiger partial charge in [0, 0.05) is 5.56 Å². The maximum Gasteiger partial charge on any atom is 0.128 e. The first-order valence-corrected chi connectivity index (χ1v) is 6.22. The van der Waals surface area contributed by atoms with Crippen LogP contribution in [0.4, 0.5) is 8.78 Å². The Morgan fingerprint density at radius 2 is 1.68 bits per heavy atom. The second kappa shape index (κ2) is 5.49. The molecule has 2 aromatic carbocycles. The van der Waals surface area contributed by atoms with Crippen LogP contribution in [0.15, 0.2) is 36.4 Å². The molecule has 0 spiro atoms. The van der Waals surface area contributed by atoms with Gasteiger partial charge in [-0.05, 0) is 55.8 Å². The van der Waals surface area contributed by atoms with Crippen LogP contribution in [0, 0.1) is 25.5 Å². The van der Waals surface area contributed by atoms with Gasteiger partial charge in [0.05, 0.1) is 6.04 Å². The van der Waals surface area contributed by atoms with Gasteiger partial charge in [-0.2, -0.15) is 0 Å². The van der Waals surface area contributed by atoms with E-state index in [9.17, 15) is 8.78 Å². The Morgan fingerprint density at radius 1 is 0.947 bits per heavy atom. The molecule has 0 saturated carbocycles. The van der Waals surface area contributed by atoms with E-state index in [4.69, 9.17) is 0 Å². The minimum atomic E-state index is -0.351. The highest BCUT2D eigenvalue weighted by atomic mass is 19.1. The molecule has 0 saturated heterocycles. The van der Waals surface area contributed by atoms with Crippen LogP contribution in [0.1, 0.15) is 28.3 Å². The summed E-state index contributed by atoms with van der Waals surface area (Å²) in [5.74, 6) is -0.587. The third-order valence-corrected chi connectivity index (χ3v) is 3.31. The molecule has 0 radical (unpaired) electrons. The molecule has 3 heteroatoms. The zero-order chi connectivity index (χ0) is 14.0. The fourth-order valence-electron chi connectivity index (χ4n) is 2.27. The monoisotopic (exact) mass is 261 g/mol. The molecular formula is C16H17F2N. The highest BCUT2D eigenvalue weighted by Crippen LogP contribution is 2.27. The van der Waals surface area contributed by atoms with E-state index in [2.05, 4.69) is 5.32 Å². The quantitative estimate of drug-likeness (QED) is 0.883. The van der Waals surface area contributed by atoms with Crippen molar-refractivity contribution in [1.29, 1.82) is 0 Å². The molecule has 0 bridgehead atoms. The van der Waals surface area contributed by atoms with E-state index in [1.54, 1.807) is 19.2 Å². The third-order valence-electron chi connectivity index (χ3n) is 3.31. The van der Waals surface area contributed by atoms with Gasteiger partial charge in [-0.15, -0.1) is 0 Å². The number of aryl methyl sites for hydroxylation is 2. The number of hydrogen-bond acceptors (Lipinski definition) is 1. The van der Waals surface area contributed by atoms with Crippen LogP contribution in [0.2, 0.25) is 0 Å². The van der Waals surface area contributed by atoms with Gasteiger partial charge in [0.2, 0.25) is 0 Å². The maximum atomic E-state index is 14.1. The van der Waals surface area contributed by atoms with E-state index in [1.807, 2.05) is 19.9 Å². The maximum absolute atomic E-state index is 14.1. The van der Waals surface area contributed by atoms with Gasteiger partial charge in [0.1, 0.15) is 11.6 Å². The molecule has 0 heterocycles. The SMILES string of the molecule is CNC(c1cc(F)ccc1C)c1ccc(C)cc1F. The van der Waals surface area contributed by atoms with Gasteiger partial charge in [0.25, 0.3) is 0 Å². The summed E-state index contributed by atoms with van der Waals surface area (Å²) in [7, 11) is 1.74. The molecule has 1 atom stereocenters. The van der Waals surface area contributed by atoms with Crippen LogP contribution in [0.25, 0.3) is 0 Å². The lowest BCUT2D eigenvalue weighted by atomic mass is 9.94. The van der Waals surface area contributed by atoms with Gasteiger partial charge in [-0.25, -0.2) is 8.78 Å². The van der Waals surface area contributed by atoms with Crippen LogP contribution in [-0.4, -0.2) is 7.05 Å². The number of nitrogens with one attached hydrogen (secondary N) is 1. The minimum absolute atomic E-state index is 0.275. The average molecular weight is 261 g/mol. The molecular weight excluding hydrogens is 244 g/mol. The fourth-order valence-corrected chi connectivity index (χ4v) is 2.27. The summed E-state index contributed by atoms with van der Waals surface area (Å²) < 4.78 is 27.5. The molecule has 1 N–H and O–H groups in total. The van der Waals surface area contributed by atoms with Gasteiger partial charge in [-0.1, -0.05) is 18.2 Å². The number of halogens is 2. The summed E-state index contributed by atoms with van der Waals surface area (Å²) in [5, 5.41) is 3.06. The molecule has 0 aliphatic rings. The molecule has 1 nitrogen and oxygen atoms in total. The third kappa shape index (κ3) is 2.82. The van der Waals surface area contributed by atoms with Crippen molar-refractivity contribution in [3.63, 3.8) is 0 Å². The normalized spacial score (nSPS) is 12.5. The molecule has 0 aromatic heterocycles. The molecule has 0 fully saturated rings. The molecule has 100 valence electrons. The van der Waals surface area contributed by atoms with Gasteiger partial charge < -0.3 is 5.32 Å². The number of rotatable bonds is 3. The zero-order valence-corrected chi connectivity index (χ0v) is 11.3. The van der Waals surface area contributed by atoms with E-state index in [1.165, 1.54) is 18.2 Å². The lowest BCUT2D eigenvalue weighted by molar-refractivity contribution is 0.569. The van der Waals surface area contributed by atoms with E-state index in [0.29, 0.717) is 5.56 Å². The first-order chi connectivity index (χ1) is 9.02. The van der Waals surface area contributed by atoms with Crippen molar-refractivity contribution >= 4 is 0 Å². The summed E-state index contributed by atoms with van der Waals surface area (Å²) in [6.45, 7) is 3.74. The smallest absolute Gasteiger partial charge is 0.128 e. The van der Waals surface area contributed by atoms with Gasteiger partial charge >= 0.3 is 0 Å². The lowest BCUT2D eigenvalue weighted by Gasteiger charge is -2.20. The van der Waals surface area contributed by atoms with E-state index >= 15 is 0 Å². The summed E-state index contributed by atoms with van der Waals surface area (Å²) in [4.78, 5) is 0. The highest BCUT2D eigenvalue weighted by molar-refractivity contribution is 5.38. The Hall–Kier alpha value is -1.74. The number of benzene rings is 2. The molecule has 2 aromatic rings. The standard InChI is InChI=1S/C16H17F2N/c1-10-4-7-13(15(18)8-10)16(19-3)14-9-12(17)6-5-11(14)2/h4-9,16,19H,1-3H3. The zero-order valence-electron chi connectivity index (χ0n) is 11.3. The second-order valence-electron chi connectivity index (χ2n) is 4.75. The highest BCUT2D eigenvalue weighted by Gasteiger charge is 2.18. The van der Waals surface area contributed by atoms with Gasteiger partial charge in [0.15, 0.2) is 0 Å². The molecule has 0 aliphatic heterocycles. The Labute approximate surface area is 112 Å². The Morgan fingerprint density at radius 3 is 2.32 bits per heavy atom. The predicted octanol–water partition coefficient (Wildman–Crippen LogP) is 3.89. The van der Waals surface area contributed by atoms with Crippen molar-refractivity contribution in [1.82, 2.24) is 5.32 Å². The molecule has 0 amide bonds. The number of hydrogen-bond donors (Lipinski definition) is 1. The first kappa shape index (κ1) is 13.7. The van der Waals surface area contributed by atoms with Crippen LogP contribution in [-0.2, 0) is 0 Å². The van der Waals surface area contributed by atoms with E-state index in [-0.39, 0.29) is 17.7 Å². The van der Waals surface area contributed by atoms with Crippen LogP contribution >= 0.6 is 0 Å². The van der Waals surface area contributed by atoms with Crippen molar-refractivity contribution in [2.75, 3.05) is 7.05 Å². The van der Waals surface area contributed by atoms with Crippen molar-refractivity contribution < 1.29 is 8.78 Å². The summed E-state index contributed by atoms with van der Waals surface area (Å²) in [6.07, 6.45) is 0. The second-order valence-corrected chi connectivity index (χ2v) is 4.75. The topological polar surface area (TPSA) is 12.0 Å². The lowest BCUT2D eigenvalue weighted by Crippen LogP contribution is -2.20. The predicted molar refractivity (Wildman–Crippen MR) is 73.2 cm³/mol. The van der Waals surface area contributed by atoms with Gasteiger partial charge in [-0.3, -0.25) is 0 Å². The van der Waals surface area contributed by atoms with Crippen molar-refractivity contribution in [2.45, 2.75) is 19.9 Å². The van der Waals surface area contributed by atoms with Crippen molar-refractivity contribution in [2.24, 2.45) is 0 Å². The van der Waals surface area contributed by atoms with Crippen molar-refractivity contribution in [3.8, 4) is 0 Å². The molecule has 1 unspecified atom stereocenters. The summed E-state index contributed by atoms with van der Waals surface area (Å²) >= 11 is 0. The van der Waals surface area contributed by atoms with Crippen LogP contribution in [0.3, 0.4) is 0 Å². The van der Waals surface area contributed by atoms with E-state index in [0.717, 1.165) is 16.7 Å².